The molecule has 1 atom stereocenters. The number of nitrogens with zero attached hydrogens (tertiary/aromatic N) is 2. The largest absolute Gasteiger partial charge is 0.444 e. The quantitative estimate of drug-likeness (QED) is 0.843. The summed E-state index contributed by atoms with van der Waals surface area (Å²) in [5.74, 6) is -0.200. The van der Waals surface area contributed by atoms with Gasteiger partial charge in [0.1, 0.15) is 18.2 Å². The van der Waals surface area contributed by atoms with Crippen LogP contribution in [0.4, 0.5) is 4.79 Å². The van der Waals surface area contributed by atoms with E-state index in [2.05, 4.69) is 15.3 Å². The molecular formula is C19H23ClN4O3. The molecule has 2 heterocycles. The fourth-order valence-corrected chi connectivity index (χ4v) is 3.22. The highest BCUT2D eigenvalue weighted by Crippen LogP contribution is 2.33. The predicted molar refractivity (Wildman–Crippen MR) is 102 cm³/mol. The SMILES string of the molecule is CC(C)(C)OC(=O)NCC(=O)N1CCc2[nH]cnc2C1c1ccc(Cl)cc1. The summed E-state index contributed by atoms with van der Waals surface area (Å²) in [6, 6.07) is 7.03. The van der Waals surface area contributed by atoms with Gasteiger partial charge in [0.15, 0.2) is 0 Å². The zero-order valence-electron chi connectivity index (χ0n) is 15.6. The van der Waals surface area contributed by atoms with Crippen molar-refractivity contribution in [2.24, 2.45) is 0 Å². The Morgan fingerprint density at radius 3 is 2.70 bits per heavy atom. The normalized spacial score (nSPS) is 16.6. The molecule has 0 saturated heterocycles. The fourth-order valence-electron chi connectivity index (χ4n) is 3.09. The maximum atomic E-state index is 12.8. The number of halogens is 1. The Morgan fingerprint density at radius 2 is 2.04 bits per heavy atom. The molecule has 0 bridgehead atoms. The van der Waals surface area contributed by atoms with Gasteiger partial charge in [-0.05, 0) is 38.5 Å². The van der Waals surface area contributed by atoms with Crippen molar-refractivity contribution in [2.75, 3.05) is 13.1 Å². The smallest absolute Gasteiger partial charge is 0.408 e. The molecule has 0 aliphatic carbocycles. The highest BCUT2D eigenvalue weighted by molar-refractivity contribution is 6.30. The minimum atomic E-state index is -0.617. The molecule has 2 amide bonds. The topological polar surface area (TPSA) is 87.3 Å². The fraction of sp³-hybridized carbons (Fsp3) is 0.421. The van der Waals surface area contributed by atoms with Gasteiger partial charge in [0, 0.05) is 23.7 Å². The van der Waals surface area contributed by atoms with E-state index in [4.69, 9.17) is 16.3 Å². The summed E-state index contributed by atoms with van der Waals surface area (Å²) < 4.78 is 5.19. The van der Waals surface area contributed by atoms with Crippen molar-refractivity contribution in [3.05, 3.63) is 52.6 Å². The van der Waals surface area contributed by atoms with Crippen LogP contribution in [0.25, 0.3) is 0 Å². The number of benzene rings is 1. The molecule has 0 fully saturated rings. The molecule has 1 aromatic carbocycles. The number of rotatable bonds is 3. The Balaban J connectivity index is 1.77. The van der Waals surface area contributed by atoms with Crippen molar-refractivity contribution in [1.82, 2.24) is 20.2 Å². The molecule has 1 aromatic heterocycles. The first-order valence-electron chi connectivity index (χ1n) is 8.78. The lowest BCUT2D eigenvalue weighted by atomic mass is 9.95. The number of aromatic amines is 1. The molecule has 27 heavy (non-hydrogen) atoms. The molecule has 0 saturated carbocycles. The maximum Gasteiger partial charge on any atom is 0.408 e. The van der Waals surface area contributed by atoms with Gasteiger partial charge in [0.2, 0.25) is 5.91 Å². The summed E-state index contributed by atoms with van der Waals surface area (Å²) in [7, 11) is 0. The first kappa shape index (κ1) is 19.2. The maximum absolute atomic E-state index is 12.8. The van der Waals surface area contributed by atoms with Crippen LogP contribution in [-0.2, 0) is 16.0 Å². The summed E-state index contributed by atoms with van der Waals surface area (Å²) in [5.41, 5.74) is 2.12. The Kier molecular flexibility index (Phi) is 5.41. The Morgan fingerprint density at radius 1 is 1.33 bits per heavy atom. The molecule has 3 rings (SSSR count). The summed E-state index contributed by atoms with van der Waals surface area (Å²) in [6.07, 6.45) is 1.70. The van der Waals surface area contributed by atoms with Crippen molar-refractivity contribution in [1.29, 1.82) is 0 Å². The molecule has 144 valence electrons. The van der Waals surface area contributed by atoms with Crippen molar-refractivity contribution < 1.29 is 14.3 Å². The van der Waals surface area contributed by atoms with E-state index in [0.29, 0.717) is 18.0 Å². The summed E-state index contributed by atoms with van der Waals surface area (Å²) >= 11 is 6.00. The molecule has 7 nitrogen and oxygen atoms in total. The zero-order chi connectivity index (χ0) is 19.6. The van der Waals surface area contributed by atoms with Gasteiger partial charge in [-0.3, -0.25) is 4.79 Å². The minimum absolute atomic E-state index is 0.140. The van der Waals surface area contributed by atoms with Gasteiger partial charge < -0.3 is 19.9 Å². The molecular weight excluding hydrogens is 368 g/mol. The van der Waals surface area contributed by atoms with Crippen LogP contribution in [0.2, 0.25) is 5.02 Å². The van der Waals surface area contributed by atoms with Gasteiger partial charge in [-0.25, -0.2) is 9.78 Å². The van der Waals surface area contributed by atoms with E-state index in [9.17, 15) is 9.59 Å². The standard InChI is InChI=1S/C19H23ClN4O3/c1-19(2,3)27-18(26)21-10-15(25)24-9-8-14-16(23-11-22-14)17(24)12-4-6-13(20)7-5-12/h4-7,11,17H,8-10H2,1-3H3,(H,21,26)(H,22,23). The molecule has 1 unspecified atom stereocenters. The predicted octanol–water partition coefficient (Wildman–Crippen LogP) is 3.06. The number of hydrogen-bond acceptors (Lipinski definition) is 4. The number of hydrogen-bond donors (Lipinski definition) is 2. The Labute approximate surface area is 163 Å². The van der Waals surface area contributed by atoms with Crippen LogP contribution >= 0.6 is 11.6 Å². The molecule has 8 heteroatoms. The van der Waals surface area contributed by atoms with Gasteiger partial charge in [-0.15, -0.1) is 0 Å². The average Bonchev–Trinajstić information content (AvgIpc) is 3.07. The second kappa shape index (κ2) is 7.60. The second-order valence-corrected chi connectivity index (χ2v) is 7.85. The van der Waals surface area contributed by atoms with Crippen LogP contribution in [0.15, 0.2) is 30.6 Å². The first-order valence-corrected chi connectivity index (χ1v) is 9.16. The van der Waals surface area contributed by atoms with Crippen molar-refractivity contribution >= 4 is 23.6 Å². The molecule has 0 radical (unpaired) electrons. The van der Waals surface area contributed by atoms with Crippen LogP contribution in [0, 0.1) is 0 Å². The van der Waals surface area contributed by atoms with Crippen LogP contribution in [0.3, 0.4) is 0 Å². The number of carbonyl (C=O) groups is 2. The summed E-state index contributed by atoms with van der Waals surface area (Å²) in [4.78, 5) is 34.0. The van der Waals surface area contributed by atoms with Gasteiger partial charge >= 0.3 is 6.09 Å². The first-order chi connectivity index (χ1) is 12.7. The summed E-state index contributed by atoms with van der Waals surface area (Å²) in [6.45, 7) is 5.70. The molecule has 2 aromatic rings. The van der Waals surface area contributed by atoms with Gasteiger partial charge in [-0.2, -0.15) is 0 Å². The Bertz CT molecular complexity index is 826. The highest BCUT2D eigenvalue weighted by atomic mass is 35.5. The lowest BCUT2D eigenvalue weighted by Gasteiger charge is -2.35. The minimum Gasteiger partial charge on any atom is -0.444 e. The van der Waals surface area contributed by atoms with Crippen LogP contribution in [-0.4, -0.2) is 45.6 Å². The van der Waals surface area contributed by atoms with Crippen molar-refractivity contribution in [2.45, 2.75) is 38.8 Å². The second-order valence-electron chi connectivity index (χ2n) is 7.41. The number of aromatic nitrogens is 2. The lowest BCUT2D eigenvalue weighted by Crippen LogP contribution is -2.46. The molecule has 0 spiro atoms. The number of alkyl carbamates (subject to hydrolysis) is 1. The third-order valence-electron chi connectivity index (χ3n) is 4.21. The van der Waals surface area contributed by atoms with Crippen LogP contribution in [0.5, 0.6) is 0 Å². The monoisotopic (exact) mass is 390 g/mol. The van der Waals surface area contributed by atoms with E-state index in [0.717, 1.165) is 17.0 Å². The molecule has 1 aliphatic heterocycles. The van der Waals surface area contributed by atoms with E-state index in [1.54, 1.807) is 44.1 Å². The van der Waals surface area contributed by atoms with Crippen molar-refractivity contribution in [3.8, 4) is 0 Å². The van der Waals surface area contributed by atoms with E-state index in [-0.39, 0.29) is 18.5 Å². The van der Waals surface area contributed by atoms with E-state index in [1.807, 2.05) is 12.1 Å². The van der Waals surface area contributed by atoms with Crippen molar-refractivity contribution in [3.63, 3.8) is 0 Å². The van der Waals surface area contributed by atoms with Gasteiger partial charge in [0.05, 0.1) is 12.0 Å². The average molecular weight is 391 g/mol. The van der Waals surface area contributed by atoms with Crippen LogP contribution < -0.4 is 5.32 Å². The van der Waals surface area contributed by atoms with Gasteiger partial charge in [-0.1, -0.05) is 23.7 Å². The number of ether oxygens (including phenoxy) is 1. The number of nitrogens with one attached hydrogen (secondary N) is 2. The zero-order valence-corrected chi connectivity index (χ0v) is 16.3. The van der Waals surface area contributed by atoms with E-state index < -0.39 is 11.7 Å². The number of fused-ring (bicyclic) bond motifs is 1. The number of H-pyrrole nitrogens is 1. The lowest BCUT2D eigenvalue weighted by molar-refractivity contribution is -0.132. The van der Waals surface area contributed by atoms with Crippen LogP contribution in [0.1, 0.15) is 43.8 Å². The third kappa shape index (κ3) is 4.60. The number of amides is 2. The van der Waals surface area contributed by atoms with E-state index in [1.165, 1.54) is 0 Å². The molecule has 1 aliphatic rings. The third-order valence-corrected chi connectivity index (χ3v) is 4.47. The number of imidazole rings is 1. The Hall–Kier alpha value is -2.54. The van der Waals surface area contributed by atoms with Gasteiger partial charge in [0.25, 0.3) is 0 Å². The summed E-state index contributed by atoms with van der Waals surface area (Å²) in [5, 5.41) is 3.16. The highest BCUT2D eigenvalue weighted by Gasteiger charge is 2.34. The number of carbonyl (C=O) groups excluding carboxylic acids is 2. The molecule has 2 N–H and O–H groups in total. The van der Waals surface area contributed by atoms with E-state index >= 15 is 0 Å².